The minimum atomic E-state index is -2.54. The van der Waals surface area contributed by atoms with Gasteiger partial charge in [-0.3, -0.25) is 4.79 Å². The Balaban J connectivity index is 1.94. The average Bonchev–Trinajstić information content (AvgIpc) is 2.68. The zero-order valence-electron chi connectivity index (χ0n) is 16.2. The molecule has 0 saturated heterocycles. The summed E-state index contributed by atoms with van der Waals surface area (Å²) in [4.78, 5) is 19.4. The van der Waals surface area contributed by atoms with Crippen LogP contribution < -0.4 is 10.9 Å². The van der Waals surface area contributed by atoms with Crippen molar-refractivity contribution in [2.45, 2.75) is 26.8 Å². The molecule has 2 N–H and O–H groups in total. The first-order valence-electron chi connectivity index (χ1n) is 9.33. The number of hydrogen-bond donors (Lipinski definition) is 2. The molecule has 1 aromatic heterocycles. The lowest BCUT2D eigenvalue weighted by molar-refractivity contribution is 0.151. The number of nitrogens with zero attached hydrogens (tertiary/aromatic N) is 1. The predicted octanol–water partition coefficient (Wildman–Crippen LogP) is 5.44. The zero-order chi connectivity index (χ0) is 21.0. The van der Waals surface area contributed by atoms with Crippen molar-refractivity contribution in [3.8, 4) is 22.6 Å². The number of rotatable bonds is 7. The van der Waals surface area contributed by atoms with Crippen molar-refractivity contribution in [1.29, 1.82) is 0 Å². The van der Waals surface area contributed by atoms with Crippen LogP contribution in [0.5, 0.6) is 0 Å². The second-order valence-electron chi connectivity index (χ2n) is 7.24. The number of halogens is 3. The first-order valence-corrected chi connectivity index (χ1v) is 9.70. The highest BCUT2D eigenvalue weighted by Gasteiger charge is 2.12. The van der Waals surface area contributed by atoms with Gasteiger partial charge < -0.3 is 10.3 Å². The van der Waals surface area contributed by atoms with Crippen LogP contribution in [0.15, 0.2) is 53.3 Å². The summed E-state index contributed by atoms with van der Waals surface area (Å²) in [6.45, 7) is 5.82. The van der Waals surface area contributed by atoms with Crippen molar-refractivity contribution in [3.63, 3.8) is 0 Å². The molecule has 0 spiro atoms. The molecule has 0 aliphatic rings. The third kappa shape index (κ3) is 5.49. The van der Waals surface area contributed by atoms with E-state index in [-0.39, 0.29) is 11.1 Å². The normalized spacial score (nSPS) is 11.4. The van der Waals surface area contributed by atoms with E-state index in [1.54, 1.807) is 6.07 Å². The molecule has 0 bridgehead atoms. The van der Waals surface area contributed by atoms with Crippen molar-refractivity contribution in [3.05, 3.63) is 75.0 Å². The van der Waals surface area contributed by atoms with Crippen LogP contribution in [0.25, 0.3) is 22.6 Å². The molecular formula is C22H22ClF2N3O. The van der Waals surface area contributed by atoms with Crippen molar-refractivity contribution >= 4 is 11.6 Å². The molecule has 2 aromatic carbocycles. The molecule has 152 valence electrons. The van der Waals surface area contributed by atoms with Crippen LogP contribution in [-0.2, 0) is 6.54 Å². The third-order valence-corrected chi connectivity index (χ3v) is 4.70. The van der Waals surface area contributed by atoms with Crippen molar-refractivity contribution in [2.24, 2.45) is 5.92 Å². The summed E-state index contributed by atoms with van der Waals surface area (Å²) < 4.78 is 25.6. The molecule has 0 unspecified atom stereocenters. The Hall–Kier alpha value is -2.57. The van der Waals surface area contributed by atoms with E-state index >= 15 is 0 Å². The minimum absolute atomic E-state index is 0.0801. The largest absolute Gasteiger partial charge is 0.312 e. The average molecular weight is 418 g/mol. The fourth-order valence-electron chi connectivity index (χ4n) is 2.90. The molecule has 0 atom stereocenters. The van der Waals surface area contributed by atoms with E-state index in [1.807, 2.05) is 12.1 Å². The van der Waals surface area contributed by atoms with Gasteiger partial charge in [-0.2, -0.15) is 0 Å². The summed E-state index contributed by atoms with van der Waals surface area (Å²) in [6.07, 6.45) is -2.54. The number of aromatic amines is 1. The number of nitrogens with one attached hydrogen (secondary N) is 2. The molecule has 0 fully saturated rings. The number of aromatic nitrogens is 2. The lowest BCUT2D eigenvalue weighted by Gasteiger charge is -2.11. The van der Waals surface area contributed by atoms with Gasteiger partial charge in [-0.25, -0.2) is 13.8 Å². The summed E-state index contributed by atoms with van der Waals surface area (Å²) in [5.41, 5.74) is 2.17. The number of alkyl halides is 2. The van der Waals surface area contributed by atoms with Gasteiger partial charge in [0.2, 0.25) is 0 Å². The smallest absolute Gasteiger partial charge is 0.263 e. The fraction of sp³-hybridized carbons (Fsp3) is 0.273. The topological polar surface area (TPSA) is 57.8 Å². The number of H-pyrrole nitrogens is 1. The van der Waals surface area contributed by atoms with E-state index in [4.69, 9.17) is 11.6 Å². The summed E-state index contributed by atoms with van der Waals surface area (Å²) in [6, 6.07) is 12.6. The summed E-state index contributed by atoms with van der Waals surface area (Å²) >= 11 is 6.36. The van der Waals surface area contributed by atoms with Crippen LogP contribution >= 0.6 is 11.6 Å². The molecule has 1 heterocycles. The molecule has 0 aliphatic carbocycles. The van der Waals surface area contributed by atoms with E-state index < -0.39 is 6.43 Å². The molecule has 3 rings (SSSR count). The summed E-state index contributed by atoms with van der Waals surface area (Å²) in [5, 5.41) is 3.83. The Bertz CT molecular complexity index is 1030. The van der Waals surface area contributed by atoms with Gasteiger partial charge in [-0.05, 0) is 30.2 Å². The fourth-order valence-corrected chi connectivity index (χ4v) is 3.11. The minimum Gasteiger partial charge on any atom is -0.312 e. The third-order valence-electron chi connectivity index (χ3n) is 4.37. The van der Waals surface area contributed by atoms with Gasteiger partial charge in [0.25, 0.3) is 12.0 Å². The van der Waals surface area contributed by atoms with Gasteiger partial charge in [0.15, 0.2) is 0 Å². The number of hydrogen-bond acceptors (Lipinski definition) is 3. The molecule has 0 saturated carbocycles. The van der Waals surface area contributed by atoms with Crippen molar-refractivity contribution in [2.75, 3.05) is 6.54 Å². The Morgan fingerprint density at radius 2 is 1.83 bits per heavy atom. The van der Waals surface area contributed by atoms with E-state index in [1.165, 1.54) is 30.3 Å². The molecule has 0 amide bonds. The lowest BCUT2D eigenvalue weighted by atomic mass is 10.1. The Morgan fingerprint density at radius 3 is 2.48 bits per heavy atom. The molecule has 3 aromatic rings. The van der Waals surface area contributed by atoms with Gasteiger partial charge in [0.1, 0.15) is 5.82 Å². The second-order valence-corrected chi connectivity index (χ2v) is 7.65. The van der Waals surface area contributed by atoms with Gasteiger partial charge in [-0.15, -0.1) is 0 Å². The Kier molecular flexibility index (Phi) is 6.77. The van der Waals surface area contributed by atoms with Gasteiger partial charge in [0.05, 0.1) is 10.7 Å². The van der Waals surface area contributed by atoms with Crippen LogP contribution in [0.2, 0.25) is 5.02 Å². The van der Waals surface area contributed by atoms with Crippen LogP contribution in [0.4, 0.5) is 8.78 Å². The number of benzene rings is 2. The Labute approximate surface area is 173 Å². The highest BCUT2D eigenvalue weighted by atomic mass is 35.5. The SMILES string of the molecule is CC(C)CNCc1ccc(Cl)c(-c2nc(-c3ccc(C(F)F)cc3)cc(=O)[nH]2)c1. The molecule has 4 nitrogen and oxygen atoms in total. The van der Waals surface area contributed by atoms with Gasteiger partial charge in [-0.1, -0.05) is 55.8 Å². The van der Waals surface area contributed by atoms with Gasteiger partial charge in [0, 0.05) is 29.3 Å². The first-order chi connectivity index (χ1) is 13.8. The van der Waals surface area contributed by atoms with E-state index in [0.717, 1.165) is 12.1 Å². The summed E-state index contributed by atoms with van der Waals surface area (Å²) in [5.74, 6) is 0.870. The standard InChI is InChI=1S/C22H22ClF2N3O/c1-13(2)11-26-12-14-3-8-18(23)17(9-14)22-27-19(10-20(29)28-22)15-4-6-16(7-5-15)21(24)25/h3-10,13,21,26H,11-12H2,1-2H3,(H,27,28,29). The maximum Gasteiger partial charge on any atom is 0.263 e. The lowest BCUT2D eigenvalue weighted by Crippen LogP contribution is -2.19. The molecule has 0 aliphatic heterocycles. The van der Waals surface area contributed by atoms with Gasteiger partial charge >= 0.3 is 0 Å². The van der Waals surface area contributed by atoms with Crippen molar-refractivity contribution in [1.82, 2.24) is 15.3 Å². The highest BCUT2D eigenvalue weighted by Crippen LogP contribution is 2.28. The van der Waals surface area contributed by atoms with E-state index in [9.17, 15) is 13.6 Å². The molecular weight excluding hydrogens is 396 g/mol. The van der Waals surface area contributed by atoms with Crippen LogP contribution in [-0.4, -0.2) is 16.5 Å². The molecule has 7 heteroatoms. The molecule has 0 radical (unpaired) electrons. The maximum atomic E-state index is 12.8. The second kappa shape index (κ2) is 9.29. The summed E-state index contributed by atoms with van der Waals surface area (Å²) in [7, 11) is 0. The van der Waals surface area contributed by atoms with E-state index in [2.05, 4.69) is 29.1 Å². The van der Waals surface area contributed by atoms with E-state index in [0.29, 0.717) is 40.1 Å². The van der Waals surface area contributed by atoms with Crippen LogP contribution in [0.1, 0.15) is 31.4 Å². The maximum absolute atomic E-state index is 12.8. The van der Waals surface area contributed by atoms with Crippen LogP contribution in [0, 0.1) is 5.92 Å². The first kappa shape index (κ1) is 21.1. The molecule has 29 heavy (non-hydrogen) atoms. The van der Waals surface area contributed by atoms with Crippen molar-refractivity contribution < 1.29 is 8.78 Å². The van der Waals surface area contributed by atoms with Crippen LogP contribution in [0.3, 0.4) is 0 Å². The monoisotopic (exact) mass is 417 g/mol. The Morgan fingerprint density at radius 1 is 1.10 bits per heavy atom. The highest BCUT2D eigenvalue weighted by molar-refractivity contribution is 6.33. The predicted molar refractivity (Wildman–Crippen MR) is 112 cm³/mol. The quantitative estimate of drug-likeness (QED) is 0.538. The zero-order valence-corrected chi connectivity index (χ0v) is 16.9.